The zero-order valence-corrected chi connectivity index (χ0v) is 14.1. The van der Waals surface area contributed by atoms with Crippen molar-refractivity contribution in [2.24, 2.45) is 0 Å². The van der Waals surface area contributed by atoms with Crippen LogP contribution in [-0.4, -0.2) is 30.7 Å². The number of tetrazole rings is 1. The minimum atomic E-state index is -0.452. The minimum absolute atomic E-state index is 0.204. The molecule has 0 saturated heterocycles. The van der Waals surface area contributed by atoms with E-state index in [1.54, 1.807) is 6.07 Å². The first-order valence-electron chi connectivity index (χ1n) is 6.91. The summed E-state index contributed by atoms with van der Waals surface area (Å²) < 4.78 is 2.19. The molecule has 8 nitrogen and oxygen atoms in total. The van der Waals surface area contributed by atoms with Gasteiger partial charge < -0.3 is 5.32 Å². The number of nitrogens with zero attached hydrogens (tertiary/aromatic N) is 5. The Kier molecular flexibility index (Phi) is 4.35. The molecule has 0 aliphatic heterocycles. The van der Waals surface area contributed by atoms with E-state index >= 15 is 0 Å². The Morgan fingerprint density at radius 3 is 2.87 bits per heavy atom. The van der Waals surface area contributed by atoms with E-state index in [1.165, 1.54) is 27.4 Å². The Morgan fingerprint density at radius 2 is 2.22 bits per heavy atom. The maximum absolute atomic E-state index is 12.2. The van der Waals surface area contributed by atoms with E-state index < -0.39 is 5.69 Å². The molecule has 1 amide bonds. The summed E-state index contributed by atoms with van der Waals surface area (Å²) in [5.41, 5.74) is 0.512. The minimum Gasteiger partial charge on any atom is -0.300 e. The number of hydrogen-bond donors (Lipinski definition) is 1. The highest BCUT2D eigenvalue weighted by Crippen LogP contribution is 2.22. The van der Waals surface area contributed by atoms with E-state index in [0.717, 1.165) is 21.7 Å². The van der Waals surface area contributed by atoms with Crippen LogP contribution in [0, 0.1) is 6.92 Å². The molecule has 0 aliphatic carbocycles. The number of rotatable bonds is 5. The van der Waals surface area contributed by atoms with Gasteiger partial charge in [0.1, 0.15) is 11.5 Å². The lowest BCUT2D eigenvalue weighted by Gasteiger charge is -1.99. The normalized spacial score (nSPS) is 10.9. The monoisotopic (exact) mass is 350 g/mol. The number of aromatic nitrogens is 5. The second-order valence-corrected chi connectivity index (χ2v) is 6.84. The molecule has 0 atom stereocenters. The third-order valence-electron chi connectivity index (χ3n) is 3.12. The average Bonchev–Trinajstić information content (AvgIpc) is 3.21. The molecule has 0 spiro atoms. The van der Waals surface area contributed by atoms with Crippen LogP contribution in [-0.2, 0) is 17.8 Å². The highest BCUT2D eigenvalue weighted by atomic mass is 32.1. The number of thiazole rings is 1. The van der Waals surface area contributed by atoms with Gasteiger partial charge in [-0.15, -0.1) is 22.7 Å². The highest BCUT2D eigenvalue weighted by molar-refractivity contribution is 7.15. The Labute approximate surface area is 139 Å². The molecule has 0 saturated carbocycles. The van der Waals surface area contributed by atoms with Crippen molar-refractivity contribution < 1.29 is 4.79 Å². The second-order valence-electron chi connectivity index (χ2n) is 4.71. The molecule has 1 N–H and O–H groups in total. The zero-order valence-electron chi connectivity index (χ0n) is 12.5. The molecular weight excluding hydrogens is 336 g/mol. The smallest absolute Gasteiger partial charge is 0.300 e. The van der Waals surface area contributed by atoms with Gasteiger partial charge >= 0.3 is 5.69 Å². The third-order valence-corrected chi connectivity index (χ3v) is 4.89. The lowest BCUT2D eigenvalue weighted by molar-refractivity contribution is -0.117. The molecule has 3 heterocycles. The molecule has 3 aromatic heterocycles. The van der Waals surface area contributed by atoms with Gasteiger partial charge in [0.15, 0.2) is 5.13 Å². The molecule has 0 fully saturated rings. The van der Waals surface area contributed by atoms with E-state index in [0.29, 0.717) is 10.1 Å². The maximum atomic E-state index is 12.2. The van der Waals surface area contributed by atoms with Crippen molar-refractivity contribution in [2.75, 3.05) is 5.32 Å². The van der Waals surface area contributed by atoms with Crippen molar-refractivity contribution >= 4 is 33.7 Å². The summed E-state index contributed by atoms with van der Waals surface area (Å²) in [5, 5.41) is 13.2. The SMILES string of the molecule is CCc1nc(NC(=O)Cn2nnn(-c3cccs3)c2=O)sc1C. The summed E-state index contributed by atoms with van der Waals surface area (Å²) >= 11 is 2.79. The van der Waals surface area contributed by atoms with Gasteiger partial charge in [0, 0.05) is 4.88 Å². The van der Waals surface area contributed by atoms with Crippen molar-refractivity contribution in [3.05, 3.63) is 38.6 Å². The highest BCUT2D eigenvalue weighted by Gasteiger charge is 2.14. The van der Waals surface area contributed by atoms with Crippen molar-refractivity contribution in [3.8, 4) is 5.00 Å². The predicted molar refractivity (Wildman–Crippen MR) is 88.4 cm³/mol. The van der Waals surface area contributed by atoms with Gasteiger partial charge in [0.25, 0.3) is 0 Å². The van der Waals surface area contributed by atoms with E-state index in [1.807, 2.05) is 25.3 Å². The molecule has 3 aromatic rings. The lowest BCUT2D eigenvalue weighted by Crippen LogP contribution is -2.29. The predicted octanol–water partition coefficient (Wildman–Crippen LogP) is 1.46. The van der Waals surface area contributed by atoms with E-state index in [2.05, 4.69) is 20.7 Å². The molecule has 0 bridgehead atoms. The van der Waals surface area contributed by atoms with Crippen LogP contribution in [0.2, 0.25) is 0 Å². The third kappa shape index (κ3) is 3.22. The summed E-state index contributed by atoms with van der Waals surface area (Å²) in [7, 11) is 0. The number of carbonyl (C=O) groups is 1. The number of thiophene rings is 1. The summed E-state index contributed by atoms with van der Waals surface area (Å²) in [6, 6.07) is 3.57. The van der Waals surface area contributed by atoms with Crippen LogP contribution in [0.15, 0.2) is 22.3 Å². The van der Waals surface area contributed by atoms with E-state index in [-0.39, 0.29) is 12.5 Å². The summed E-state index contributed by atoms with van der Waals surface area (Å²) in [5.74, 6) is -0.360. The molecule has 10 heteroatoms. The quantitative estimate of drug-likeness (QED) is 0.752. The molecule has 0 unspecified atom stereocenters. The average molecular weight is 350 g/mol. The number of nitrogens with one attached hydrogen (secondary N) is 1. The molecule has 23 heavy (non-hydrogen) atoms. The van der Waals surface area contributed by atoms with Crippen LogP contribution >= 0.6 is 22.7 Å². The van der Waals surface area contributed by atoms with Crippen LogP contribution in [0.5, 0.6) is 0 Å². The maximum Gasteiger partial charge on any atom is 0.369 e. The van der Waals surface area contributed by atoms with Crippen LogP contribution in [0.4, 0.5) is 5.13 Å². The van der Waals surface area contributed by atoms with Crippen LogP contribution in [0.3, 0.4) is 0 Å². The number of carbonyl (C=O) groups excluding carboxylic acids is 1. The number of amides is 1. The fraction of sp³-hybridized carbons (Fsp3) is 0.308. The van der Waals surface area contributed by atoms with Crippen molar-refractivity contribution in [2.45, 2.75) is 26.8 Å². The van der Waals surface area contributed by atoms with Crippen molar-refractivity contribution in [3.63, 3.8) is 0 Å². The fourth-order valence-corrected chi connectivity index (χ4v) is 3.59. The molecule has 3 rings (SSSR count). The topological polar surface area (TPSA) is 94.7 Å². The van der Waals surface area contributed by atoms with Crippen molar-refractivity contribution in [1.82, 2.24) is 24.8 Å². The van der Waals surface area contributed by atoms with E-state index in [9.17, 15) is 9.59 Å². The summed E-state index contributed by atoms with van der Waals surface area (Å²) in [4.78, 5) is 29.6. The molecular formula is C13H14N6O2S2. The number of aryl methyl sites for hydroxylation is 2. The van der Waals surface area contributed by atoms with Crippen molar-refractivity contribution in [1.29, 1.82) is 0 Å². The van der Waals surface area contributed by atoms with Gasteiger partial charge in [-0.1, -0.05) is 6.92 Å². The van der Waals surface area contributed by atoms with Crippen LogP contribution < -0.4 is 11.0 Å². The Bertz CT molecular complexity index is 877. The van der Waals surface area contributed by atoms with E-state index in [4.69, 9.17) is 0 Å². The summed E-state index contributed by atoms with van der Waals surface area (Å²) in [6.45, 7) is 3.77. The first-order valence-corrected chi connectivity index (χ1v) is 8.61. The number of hydrogen-bond acceptors (Lipinski definition) is 7. The van der Waals surface area contributed by atoms with Gasteiger partial charge in [0.2, 0.25) is 5.91 Å². The molecule has 0 radical (unpaired) electrons. The fourth-order valence-electron chi connectivity index (χ4n) is 2.01. The molecule has 0 aromatic carbocycles. The lowest BCUT2D eigenvalue weighted by atomic mass is 10.3. The van der Waals surface area contributed by atoms with Crippen LogP contribution in [0.25, 0.3) is 5.00 Å². The van der Waals surface area contributed by atoms with Gasteiger partial charge in [-0.25, -0.2) is 9.78 Å². The van der Waals surface area contributed by atoms with Gasteiger partial charge in [-0.05, 0) is 41.3 Å². The van der Waals surface area contributed by atoms with Gasteiger partial charge in [-0.3, -0.25) is 4.79 Å². The first kappa shape index (κ1) is 15.6. The van der Waals surface area contributed by atoms with Gasteiger partial charge in [-0.2, -0.15) is 9.36 Å². The van der Waals surface area contributed by atoms with Crippen LogP contribution in [0.1, 0.15) is 17.5 Å². The van der Waals surface area contributed by atoms with Gasteiger partial charge in [0.05, 0.1) is 5.69 Å². The standard InChI is InChI=1S/C13H14N6O2S2/c1-3-9-8(2)23-12(14-9)15-10(20)7-18-13(21)19(17-16-18)11-5-4-6-22-11/h4-6H,3,7H2,1-2H3,(H,14,15,20). The summed E-state index contributed by atoms with van der Waals surface area (Å²) in [6.07, 6.45) is 0.812. The Hall–Kier alpha value is -2.33. The molecule has 120 valence electrons. The second kappa shape index (κ2) is 6.42. The Balaban J connectivity index is 1.72. The first-order chi connectivity index (χ1) is 11.1. The zero-order chi connectivity index (χ0) is 16.4. The largest absolute Gasteiger partial charge is 0.369 e. The Morgan fingerprint density at radius 1 is 1.39 bits per heavy atom. The number of anilines is 1. The molecule has 0 aliphatic rings.